The lowest BCUT2D eigenvalue weighted by atomic mass is 10.3. The second-order valence-corrected chi connectivity index (χ2v) is 7.48. The number of carbonyl (C=O) groups excluding carboxylic acids is 1. The molecule has 28 heavy (non-hydrogen) atoms. The van der Waals surface area contributed by atoms with E-state index in [1.807, 2.05) is 45.0 Å². The Morgan fingerprint density at radius 3 is 2.75 bits per heavy atom. The van der Waals surface area contributed by atoms with Crippen molar-refractivity contribution in [1.82, 2.24) is 24.7 Å². The maximum absolute atomic E-state index is 12.6. The summed E-state index contributed by atoms with van der Waals surface area (Å²) in [6.07, 6.45) is 0. The van der Waals surface area contributed by atoms with Gasteiger partial charge >= 0.3 is 0 Å². The van der Waals surface area contributed by atoms with E-state index in [-0.39, 0.29) is 5.91 Å². The van der Waals surface area contributed by atoms with Crippen molar-refractivity contribution in [3.05, 3.63) is 41.7 Å². The van der Waals surface area contributed by atoms with Crippen molar-refractivity contribution in [2.75, 3.05) is 17.8 Å². The number of thioether (sulfide) groups is 1. The summed E-state index contributed by atoms with van der Waals surface area (Å²) in [5.74, 6) is 6.97. The van der Waals surface area contributed by atoms with Gasteiger partial charge in [0.25, 0.3) is 5.95 Å². The fourth-order valence-electron chi connectivity index (χ4n) is 2.62. The van der Waals surface area contributed by atoms with Crippen LogP contribution in [-0.4, -0.2) is 42.4 Å². The van der Waals surface area contributed by atoms with Crippen LogP contribution in [-0.2, 0) is 4.79 Å². The van der Waals surface area contributed by atoms with Crippen molar-refractivity contribution in [2.24, 2.45) is 0 Å². The van der Waals surface area contributed by atoms with Crippen LogP contribution >= 0.6 is 11.8 Å². The average molecular weight is 401 g/mol. The zero-order valence-corrected chi connectivity index (χ0v) is 17.0. The maximum Gasteiger partial charge on any atom is 0.271 e. The zero-order chi connectivity index (χ0) is 20.3. The first-order valence-electron chi connectivity index (χ1n) is 8.84. The summed E-state index contributed by atoms with van der Waals surface area (Å²) < 4.78 is 8.50. The van der Waals surface area contributed by atoms with E-state index in [4.69, 9.17) is 10.6 Å². The molecule has 10 heteroatoms. The second-order valence-electron chi connectivity index (χ2n) is 6.17. The first kappa shape index (κ1) is 19.7. The third kappa shape index (κ3) is 4.11. The SMILES string of the molecule is CCOc1ccccc1NC(=O)[C@H](C)Sc1nnc(-n2nc(C)cc2C)n1N. The van der Waals surface area contributed by atoms with Gasteiger partial charge in [0.1, 0.15) is 5.75 Å². The van der Waals surface area contributed by atoms with Crippen molar-refractivity contribution in [2.45, 2.75) is 38.1 Å². The van der Waals surface area contributed by atoms with Gasteiger partial charge in [0.15, 0.2) is 0 Å². The van der Waals surface area contributed by atoms with Crippen LogP contribution in [0.15, 0.2) is 35.5 Å². The number of para-hydroxylation sites is 2. The second kappa shape index (κ2) is 8.34. The number of nitrogen functional groups attached to an aromatic ring is 1. The van der Waals surface area contributed by atoms with E-state index in [1.165, 1.54) is 16.4 Å². The highest BCUT2D eigenvalue weighted by Crippen LogP contribution is 2.27. The predicted molar refractivity (Wildman–Crippen MR) is 108 cm³/mol. The van der Waals surface area contributed by atoms with Crippen molar-refractivity contribution in [3.8, 4) is 11.7 Å². The highest BCUT2D eigenvalue weighted by molar-refractivity contribution is 8.00. The van der Waals surface area contributed by atoms with Crippen LogP contribution in [0.4, 0.5) is 5.69 Å². The van der Waals surface area contributed by atoms with Gasteiger partial charge in [-0.1, -0.05) is 23.9 Å². The molecule has 1 aromatic carbocycles. The smallest absolute Gasteiger partial charge is 0.271 e. The molecule has 0 aliphatic heterocycles. The van der Waals surface area contributed by atoms with Crippen LogP contribution in [0, 0.1) is 13.8 Å². The quantitative estimate of drug-likeness (QED) is 0.461. The van der Waals surface area contributed by atoms with Crippen molar-refractivity contribution >= 4 is 23.4 Å². The summed E-state index contributed by atoms with van der Waals surface area (Å²) in [7, 11) is 0. The van der Waals surface area contributed by atoms with Crippen molar-refractivity contribution in [1.29, 1.82) is 0 Å². The van der Waals surface area contributed by atoms with Gasteiger partial charge in [-0.3, -0.25) is 4.79 Å². The normalized spacial score (nSPS) is 12.0. The molecule has 0 bridgehead atoms. The molecule has 2 heterocycles. The van der Waals surface area contributed by atoms with Gasteiger partial charge in [0.2, 0.25) is 11.1 Å². The number of nitrogens with zero attached hydrogens (tertiary/aromatic N) is 5. The molecule has 3 aromatic rings. The van der Waals surface area contributed by atoms with Gasteiger partial charge in [-0.15, -0.1) is 10.2 Å². The van der Waals surface area contributed by atoms with Gasteiger partial charge in [0.05, 0.1) is 23.2 Å². The Morgan fingerprint density at radius 1 is 1.32 bits per heavy atom. The summed E-state index contributed by atoms with van der Waals surface area (Å²) in [6.45, 7) is 7.99. The molecule has 1 amide bonds. The minimum Gasteiger partial charge on any atom is -0.492 e. The minimum atomic E-state index is -0.450. The number of carbonyl (C=O) groups is 1. The first-order chi connectivity index (χ1) is 13.4. The average Bonchev–Trinajstić information content (AvgIpc) is 3.18. The standard InChI is InChI=1S/C18H23N7O2S/c1-5-27-15-9-7-6-8-14(15)20-16(26)13(4)28-18-22-21-17(24(18)19)25-12(3)10-11(2)23-25/h6-10,13H,5,19H2,1-4H3,(H,20,26)/t13-/m0/s1. The first-order valence-corrected chi connectivity index (χ1v) is 9.72. The van der Waals surface area contributed by atoms with Gasteiger partial charge in [-0.05, 0) is 45.9 Å². The highest BCUT2D eigenvalue weighted by atomic mass is 32.2. The molecule has 0 radical (unpaired) electrons. The topological polar surface area (TPSA) is 113 Å². The molecule has 0 spiro atoms. The Labute approximate surface area is 167 Å². The van der Waals surface area contributed by atoms with E-state index in [2.05, 4.69) is 20.6 Å². The maximum atomic E-state index is 12.6. The molecule has 0 aliphatic carbocycles. The molecule has 0 saturated heterocycles. The summed E-state index contributed by atoms with van der Waals surface area (Å²) in [4.78, 5) is 12.6. The summed E-state index contributed by atoms with van der Waals surface area (Å²) in [5, 5.41) is 15.4. The lowest BCUT2D eigenvalue weighted by Crippen LogP contribution is -2.24. The third-order valence-corrected chi connectivity index (χ3v) is 5.00. The van der Waals surface area contributed by atoms with Crippen LogP contribution < -0.4 is 15.9 Å². The van der Waals surface area contributed by atoms with E-state index in [0.29, 0.717) is 29.1 Å². The van der Waals surface area contributed by atoms with Crippen LogP contribution in [0.5, 0.6) is 5.75 Å². The number of benzene rings is 1. The molecule has 9 nitrogen and oxygen atoms in total. The molecule has 0 fully saturated rings. The number of nitrogens with two attached hydrogens (primary N) is 1. The Morgan fingerprint density at radius 2 is 2.07 bits per heavy atom. The molecule has 3 N–H and O–H groups in total. The Bertz CT molecular complexity index is 982. The minimum absolute atomic E-state index is 0.187. The molecule has 3 rings (SSSR count). The Kier molecular flexibility index (Phi) is 5.88. The lowest BCUT2D eigenvalue weighted by Gasteiger charge is -2.14. The molecular weight excluding hydrogens is 378 g/mol. The molecule has 148 valence electrons. The number of amides is 1. The number of aromatic nitrogens is 5. The molecule has 2 aromatic heterocycles. The summed E-state index contributed by atoms with van der Waals surface area (Å²) in [6, 6.07) is 9.23. The van der Waals surface area contributed by atoms with Gasteiger partial charge < -0.3 is 15.9 Å². The largest absolute Gasteiger partial charge is 0.492 e. The van der Waals surface area contributed by atoms with E-state index >= 15 is 0 Å². The lowest BCUT2D eigenvalue weighted by molar-refractivity contribution is -0.115. The fraction of sp³-hybridized carbons (Fsp3) is 0.333. The summed E-state index contributed by atoms with van der Waals surface area (Å²) in [5.41, 5.74) is 2.38. The third-order valence-electron chi connectivity index (χ3n) is 3.94. The molecule has 1 atom stereocenters. The highest BCUT2D eigenvalue weighted by Gasteiger charge is 2.21. The van der Waals surface area contributed by atoms with E-state index in [1.54, 1.807) is 17.7 Å². The number of ether oxygens (including phenoxy) is 1. The van der Waals surface area contributed by atoms with E-state index in [0.717, 1.165) is 11.4 Å². The van der Waals surface area contributed by atoms with Gasteiger partial charge in [-0.25, -0.2) is 9.36 Å². The van der Waals surface area contributed by atoms with Crippen molar-refractivity contribution in [3.63, 3.8) is 0 Å². The van der Waals surface area contributed by atoms with Gasteiger partial charge in [0, 0.05) is 5.69 Å². The monoisotopic (exact) mass is 401 g/mol. The molecule has 0 unspecified atom stereocenters. The summed E-state index contributed by atoms with van der Waals surface area (Å²) >= 11 is 1.22. The number of hydrogen-bond donors (Lipinski definition) is 2. The van der Waals surface area contributed by atoms with Crippen LogP contribution in [0.25, 0.3) is 5.95 Å². The van der Waals surface area contributed by atoms with E-state index in [9.17, 15) is 4.79 Å². The van der Waals surface area contributed by atoms with Crippen LogP contribution in [0.1, 0.15) is 25.2 Å². The number of anilines is 1. The van der Waals surface area contributed by atoms with Crippen molar-refractivity contribution < 1.29 is 9.53 Å². The molecular formula is C18H23N7O2S. The van der Waals surface area contributed by atoms with Crippen LogP contribution in [0.2, 0.25) is 0 Å². The number of aryl methyl sites for hydroxylation is 2. The predicted octanol–water partition coefficient (Wildman–Crippen LogP) is 2.31. The fourth-order valence-corrected chi connectivity index (χ4v) is 3.39. The Hall–Kier alpha value is -3.01. The Balaban J connectivity index is 1.72. The van der Waals surface area contributed by atoms with Crippen LogP contribution in [0.3, 0.4) is 0 Å². The zero-order valence-electron chi connectivity index (χ0n) is 16.2. The molecule has 0 aliphatic rings. The molecule has 0 saturated carbocycles. The number of hydrogen-bond acceptors (Lipinski definition) is 7. The van der Waals surface area contributed by atoms with Gasteiger partial charge in [-0.2, -0.15) is 5.10 Å². The van der Waals surface area contributed by atoms with E-state index < -0.39 is 5.25 Å². The number of nitrogens with one attached hydrogen (secondary N) is 1. The number of rotatable bonds is 7.